The summed E-state index contributed by atoms with van der Waals surface area (Å²) in [6.45, 7) is 3.97. The quantitative estimate of drug-likeness (QED) is 0.611. The van der Waals surface area contributed by atoms with E-state index in [1.54, 1.807) is 0 Å². The maximum atomic E-state index is 12.6. The fourth-order valence-electron chi connectivity index (χ4n) is 3.33. The molecule has 0 spiro atoms. The lowest BCUT2D eigenvalue weighted by atomic mass is 9.82. The predicted molar refractivity (Wildman–Crippen MR) is 76.7 cm³/mol. The Labute approximate surface area is 119 Å². The molecule has 0 aromatic heterocycles. The van der Waals surface area contributed by atoms with E-state index in [2.05, 4.69) is 6.08 Å². The average Bonchev–Trinajstić information content (AvgIpc) is 2.71. The summed E-state index contributed by atoms with van der Waals surface area (Å²) in [7, 11) is 0. The van der Waals surface area contributed by atoms with E-state index < -0.39 is 0 Å². The molecule has 1 aliphatic carbocycles. The Morgan fingerprint density at radius 1 is 1.10 bits per heavy atom. The second kappa shape index (κ2) is 4.89. The molecule has 2 aliphatic rings. The van der Waals surface area contributed by atoms with Crippen LogP contribution in [0.4, 0.5) is 0 Å². The molecule has 1 aromatic carbocycles. The van der Waals surface area contributed by atoms with E-state index >= 15 is 0 Å². The largest absolute Gasteiger partial charge is 0.275 e. The van der Waals surface area contributed by atoms with Crippen molar-refractivity contribution in [1.82, 2.24) is 4.90 Å². The number of allylic oxidation sites excluding steroid dienone is 2. The highest BCUT2D eigenvalue weighted by atomic mass is 16.2. The molecule has 0 bridgehead atoms. The summed E-state index contributed by atoms with van der Waals surface area (Å²) in [5, 5.41) is 0. The number of carbonyl (C=O) groups excluding carboxylic acids is 2. The number of nitrogens with zero attached hydrogens (tertiary/aromatic N) is 1. The van der Waals surface area contributed by atoms with Gasteiger partial charge >= 0.3 is 0 Å². The first-order valence-electron chi connectivity index (χ1n) is 7.17. The molecule has 3 nitrogen and oxygen atoms in total. The molecule has 0 saturated carbocycles. The molecule has 3 heteroatoms. The summed E-state index contributed by atoms with van der Waals surface area (Å²) >= 11 is 0. The van der Waals surface area contributed by atoms with Gasteiger partial charge in [0.15, 0.2) is 0 Å². The highest BCUT2D eigenvalue weighted by molar-refractivity contribution is 6.05. The standard InChI is InChI=1S/C17H19NO2/c1-11-8-9-14-15(10-11)17(20)18(16(14)19)12(2)13-6-4-3-5-7-13/h3-8,12,14-15H,9-10H2,1-2H3/t12-,14+,15-/m0/s1. The van der Waals surface area contributed by atoms with Crippen molar-refractivity contribution in [3.63, 3.8) is 0 Å². The number of carbonyl (C=O) groups is 2. The minimum absolute atomic E-state index is 0.0000954. The van der Waals surface area contributed by atoms with Crippen LogP contribution >= 0.6 is 0 Å². The van der Waals surface area contributed by atoms with Crippen molar-refractivity contribution in [2.75, 3.05) is 0 Å². The SMILES string of the molecule is CC1=CC[C@H]2C(=O)N([C@@H](C)c3ccccc3)C(=O)[C@H]2C1. The van der Waals surface area contributed by atoms with Crippen molar-refractivity contribution in [2.45, 2.75) is 32.7 Å². The van der Waals surface area contributed by atoms with Crippen molar-refractivity contribution in [1.29, 1.82) is 0 Å². The lowest BCUT2D eigenvalue weighted by Gasteiger charge is -2.23. The molecule has 104 valence electrons. The third-order valence-electron chi connectivity index (χ3n) is 4.53. The van der Waals surface area contributed by atoms with Crippen molar-refractivity contribution in [3.8, 4) is 0 Å². The van der Waals surface area contributed by atoms with Gasteiger partial charge in [0.2, 0.25) is 11.8 Å². The van der Waals surface area contributed by atoms with Crippen LogP contribution in [0.1, 0.15) is 38.3 Å². The topological polar surface area (TPSA) is 37.4 Å². The molecule has 1 aliphatic heterocycles. The maximum Gasteiger partial charge on any atom is 0.233 e. The summed E-state index contributed by atoms with van der Waals surface area (Å²) in [4.78, 5) is 26.6. The Balaban J connectivity index is 1.89. The van der Waals surface area contributed by atoms with E-state index in [9.17, 15) is 9.59 Å². The van der Waals surface area contributed by atoms with Crippen molar-refractivity contribution < 1.29 is 9.59 Å². The number of likely N-dealkylation sites (tertiary alicyclic amines) is 1. The van der Waals surface area contributed by atoms with Gasteiger partial charge in [-0.05, 0) is 32.3 Å². The second-order valence-corrected chi connectivity index (χ2v) is 5.84. The molecule has 3 atom stereocenters. The minimum Gasteiger partial charge on any atom is -0.275 e. The number of benzene rings is 1. The number of hydrogen-bond acceptors (Lipinski definition) is 2. The molecule has 2 amide bonds. The fraction of sp³-hybridized carbons (Fsp3) is 0.412. The molecular weight excluding hydrogens is 250 g/mol. The lowest BCUT2D eigenvalue weighted by Crippen LogP contribution is -2.33. The van der Waals surface area contributed by atoms with E-state index in [1.807, 2.05) is 44.2 Å². The Bertz CT molecular complexity index is 576. The second-order valence-electron chi connectivity index (χ2n) is 5.84. The minimum atomic E-state index is -0.179. The van der Waals surface area contributed by atoms with Crippen LogP contribution in [-0.2, 0) is 9.59 Å². The van der Waals surface area contributed by atoms with Crippen molar-refractivity contribution >= 4 is 11.8 Å². The van der Waals surface area contributed by atoms with E-state index in [0.29, 0.717) is 6.42 Å². The number of rotatable bonds is 2. The summed E-state index contributed by atoms with van der Waals surface area (Å²) < 4.78 is 0. The van der Waals surface area contributed by atoms with Gasteiger partial charge < -0.3 is 0 Å². The van der Waals surface area contributed by atoms with E-state index in [-0.39, 0.29) is 29.7 Å². The number of hydrogen-bond donors (Lipinski definition) is 0. The molecule has 1 aromatic rings. The van der Waals surface area contributed by atoms with Crippen LogP contribution in [0.5, 0.6) is 0 Å². The van der Waals surface area contributed by atoms with E-state index in [1.165, 1.54) is 10.5 Å². The van der Waals surface area contributed by atoms with E-state index in [4.69, 9.17) is 0 Å². The van der Waals surface area contributed by atoms with E-state index in [0.717, 1.165) is 12.0 Å². The number of amides is 2. The van der Waals surface area contributed by atoms with Crippen LogP contribution in [0, 0.1) is 11.8 Å². The monoisotopic (exact) mass is 269 g/mol. The van der Waals surface area contributed by atoms with Gasteiger partial charge in [-0.1, -0.05) is 42.0 Å². The molecule has 1 heterocycles. The summed E-state index contributed by atoms with van der Waals surface area (Å²) in [6, 6.07) is 9.58. The lowest BCUT2D eigenvalue weighted by molar-refractivity contribution is -0.142. The zero-order chi connectivity index (χ0) is 14.3. The molecule has 1 saturated heterocycles. The summed E-state index contributed by atoms with van der Waals surface area (Å²) in [5.41, 5.74) is 2.24. The van der Waals surface area contributed by atoms with Gasteiger partial charge in [0.25, 0.3) is 0 Å². The first-order chi connectivity index (χ1) is 9.59. The highest BCUT2D eigenvalue weighted by Crippen LogP contribution is 2.40. The van der Waals surface area contributed by atoms with Crippen LogP contribution < -0.4 is 0 Å². The molecular formula is C17H19NO2. The smallest absolute Gasteiger partial charge is 0.233 e. The zero-order valence-electron chi connectivity index (χ0n) is 11.9. The average molecular weight is 269 g/mol. The summed E-state index contributed by atoms with van der Waals surface area (Å²) in [5.74, 6) is -0.278. The van der Waals surface area contributed by atoms with Crippen LogP contribution in [0.25, 0.3) is 0 Å². The number of fused-ring (bicyclic) bond motifs is 1. The Morgan fingerprint density at radius 3 is 2.45 bits per heavy atom. The van der Waals surface area contributed by atoms with Gasteiger partial charge in [-0.15, -0.1) is 0 Å². The van der Waals surface area contributed by atoms with Crippen LogP contribution in [0.2, 0.25) is 0 Å². The molecule has 3 rings (SSSR count). The molecule has 20 heavy (non-hydrogen) atoms. The van der Waals surface area contributed by atoms with Crippen LogP contribution in [-0.4, -0.2) is 16.7 Å². The molecule has 0 N–H and O–H groups in total. The van der Waals surface area contributed by atoms with Gasteiger partial charge in [-0.25, -0.2) is 0 Å². The van der Waals surface area contributed by atoms with Crippen LogP contribution in [0.3, 0.4) is 0 Å². The maximum absolute atomic E-state index is 12.6. The van der Waals surface area contributed by atoms with Gasteiger partial charge in [0.05, 0.1) is 17.9 Å². The summed E-state index contributed by atoms with van der Waals surface area (Å²) in [6.07, 6.45) is 3.54. The van der Waals surface area contributed by atoms with Gasteiger partial charge in [0.1, 0.15) is 0 Å². The first-order valence-corrected chi connectivity index (χ1v) is 7.17. The predicted octanol–water partition coefficient (Wildman–Crippen LogP) is 3.09. The zero-order valence-corrected chi connectivity index (χ0v) is 11.9. The Kier molecular flexibility index (Phi) is 3.20. The number of imide groups is 1. The van der Waals surface area contributed by atoms with Crippen molar-refractivity contribution in [3.05, 3.63) is 47.5 Å². The third-order valence-corrected chi connectivity index (χ3v) is 4.53. The van der Waals surface area contributed by atoms with Crippen molar-refractivity contribution in [2.24, 2.45) is 11.8 Å². The molecule has 1 fully saturated rings. The van der Waals surface area contributed by atoms with Gasteiger partial charge in [0, 0.05) is 0 Å². The van der Waals surface area contributed by atoms with Gasteiger partial charge in [-0.3, -0.25) is 14.5 Å². The molecule has 0 radical (unpaired) electrons. The fourth-order valence-corrected chi connectivity index (χ4v) is 3.33. The Hall–Kier alpha value is -1.90. The normalized spacial score (nSPS) is 27.3. The highest BCUT2D eigenvalue weighted by Gasteiger charge is 2.49. The first kappa shape index (κ1) is 13.1. The Morgan fingerprint density at radius 2 is 1.75 bits per heavy atom. The van der Waals surface area contributed by atoms with Crippen LogP contribution in [0.15, 0.2) is 42.0 Å². The third kappa shape index (κ3) is 1.98. The molecule has 0 unspecified atom stereocenters. The van der Waals surface area contributed by atoms with Gasteiger partial charge in [-0.2, -0.15) is 0 Å².